The van der Waals surface area contributed by atoms with Gasteiger partial charge in [0.05, 0.1) is 10.2 Å². The summed E-state index contributed by atoms with van der Waals surface area (Å²) in [4.78, 5) is 6.91. The summed E-state index contributed by atoms with van der Waals surface area (Å²) in [5, 5.41) is 0.666. The van der Waals surface area contributed by atoms with Gasteiger partial charge in [-0.15, -0.1) is 0 Å². The zero-order valence-corrected chi connectivity index (χ0v) is 12.1. The van der Waals surface area contributed by atoms with E-state index in [9.17, 15) is 0 Å². The number of benzene rings is 1. The molecule has 19 heavy (non-hydrogen) atoms. The van der Waals surface area contributed by atoms with Crippen LogP contribution in [0, 0.1) is 0 Å². The topological polar surface area (TPSA) is 42.1 Å². The molecule has 2 N–H and O–H groups in total. The minimum absolute atomic E-state index is 0.666. The van der Waals surface area contributed by atoms with Crippen LogP contribution >= 0.6 is 11.3 Å². The number of rotatable bonds is 3. The fourth-order valence-electron chi connectivity index (χ4n) is 2.79. The van der Waals surface area contributed by atoms with Crippen LogP contribution in [0.3, 0.4) is 0 Å². The molecule has 1 fully saturated rings. The van der Waals surface area contributed by atoms with Gasteiger partial charge in [0.25, 0.3) is 0 Å². The number of fused-ring (bicyclic) bond motifs is 1. The standard InChI is InChI=1S/C15H21N3S/c16-15-17-13-6-5-12(11-14(13)19-15)7-10-18-8-3-1-2-4-9-18/h5-6,11H,1-4,7-10H2,(H2,16,17). The highest BCUT2D eigenvalue weighted by Crippen LogP contribution is 2.24. The normalized spacial score (nSPS) is 17.7. The molecule has 0 unspecified atom stereocenters. The minimum atomic E-state index is 0.666. The maximum atomic E-state index is 5.75. The van der Waals surface area contributed by atoms with Gasteiger partial charge >= 0.3 is 0 Å². The molecular weight excluding hydrogens is 254 g/mol. The Morgan fingerprint density at radius 3 is 2.74 bits per heavy atom. The van der Waals surface area contributed by atoms with E-state index < -0.39 is 0 Å². The summed E-state index contributed by atoms with van der Waals surface area (Å²) in [6.45, 7) is 3.73. The average molecular weight is 275 g/mol. The summed E-state index contributed by atoms with van der Waals surface area (Å²) in [5.74, 6) is 0. The van der Waals surface area contributed by atoms with Crippen molar-refractivity contribution < 1.29 is 0 Å². The fraction of sp³-hybridized carbons (Fsp3) is 0.533. The highest BCUT2D eigenvalue weighted by atomic mass is 32.1. The number of hydrogen-bond acceptors (Lipinski definition) is 4. The Morgan fingerprint density at radius 2 is 1.95 bits per heavy atom. The molecule has 1 saturated heterocycles. The second-order valence-corrected chi connectivity index (χ2v) is 6.42. The van der Waals surface area contributed by atoms with Crippen LogP contribution in [0.25, 0.3) is 10.2 Å². The van der Waals surface area contributed by atoms with Crippen LogP contribution in [0.5, 0.6) is 0 Å². The van der Waals surface area contributed by atoms with Crippen LogP contribution in [0.4, 0.5) is 5.13 Å². The number of nitrogens with zero attached hydrogens (tertiary/aromatic N) is 2. The third kappa shape index (κ3) is 3.25. The summed E-state index contributed by atoms with van der Waals surface area (Å²) in [5.41, 5.74) is 8.18. The first kappa shape index (κ1) is 12.9. The molecule has 2 heterocycles. The number of thiazole rings is 1. The lowest BCUT2D eigenvalue weighted by molar-refractivity contribution is 0.289. The first-order valence-corrected chi connectivity index (χ1v) is 8.00. The fourth-order valence-corrected chi connectivity index (χ4v) is 3.59. The molecule has 0 spiro atoms. The molecule has 1 aliphatic rings. The minimum Gasteiger partial charge on any atom is -0.375 e. The Balaban J connectivity index is 1.64. The summed E-state index contributed by atoms with van der Waals surface area (Å²) in [7, 11) is 0. The Kier molecular flexibility index (Phi) is 3.99. The van der Waals surface area contributed by atoms with Gasteiger partial charge in [-0.2, -0.15) is 0 Å². The van der Waals surface area contributed by atoms with Gasteiger partial charge in [0.2, 0.25) is 0 Å². The lowest BCUT2D eigenvalue weighted by atomic mass is 10.1. The number of anilines is 1. The summed E-state index contributed by atoms with van der Waals surface area (Å²) in [6.07, 6.45) is 6.67. The van der Waals surface area contributed by atoms with Crippen LogP contribution in [-0.4, -0.2) is 29.5 Å². The van der Waals surface area contributed by atoms with Gasteiger partial charge in [0.1, 0.15) is 0 Å². The Morgan fingerprint density at radius 1 is 1.16 bits per heavy atom. The molecule has 4 heteroatoms. The molecule has 0 aliphatic carbocycles. The van der Waals surface area contributed by atoms with Gasteiger partial charge in [0.15, 0.2) is 5.13 Å². The maximum Gasteiger partial charge on any atom is 0.181 e. The van der Waals surface area contributed by atoms with Crippen LogP contribution in [0.1, 0.15) is 31.2 Å². The van der Waals surface area contributed by atoms with Crippen molar-refractivity contribution in [3.8, 4) is 0 Å². The van der Waals surface area contributed by atoms with E-state index in [4.69, 9.17) is 5.73 Å². The summed E-state index contributed by atoms with van der Waals surface area (Å²) < 4.78 is 1.21. The summed E-state index contributed by atoms with van der Waals surface area (Å²) >= 11 is 1.58. The second-order valence-electron chi connectivity index (χ2n) is 5.36. The van der Waals surface area contributed by atoms with Gasteiger partial charge < -0.3 is 10.6 Å². The number of aromatic nitrogens is 1. The van der Waals surface area contributed by atoms with Crippen molar-refractivity contribution in [1.82, 2.24) is 9.88 Å². The second kappa shape index (κ2) is 5.88. The van der Waals surface area contributed by atoms with Crippen molar-refractivity contribution in [3.05, 3.63) is 23.8 Å². The Labute approximate surface area is 118 Å². The van der Waals surface area contributed by atoms with E-state index in [1.807, 2.05) is 0 Å². The molecule has 1 aliphatic heterocycles. The lowest BCUT2D eigenvalue weighted by Crippen LogP contribution is -2.26. The van der Waals surface area contributed by atoms with Crippen LogP contribution in [0.2, 0.25) is 0 Å². The molecule has 1 aromatic carbocycles. The van der Waals surface area contributed by atoms with Gasteiger partial charge in [-0.1, -0.05) is 30.2 Å². The van der Waals surface area contributed by atoms with E-state index >= 15 is 0 Å². The highest BCUT2D eigenvalue weighted by molar-refractivity contribution is 7.22. The SMILES string of the molecule is Nc1nc2ccc(CCN3CCCCCC3)cc2s1. The third-order valence-corrected chi connectivity index (χ3v) is 4.73. The van der Waals surface area contributed by atoms with Crippen molar-refractivity contribution in [2.75, 3.05) is 25.4 Å². The van der Waals surface area contributed by atoms with Crippen LogP contribution < -0.4 is 5.73 Å². The Bertz CT molecular complexity index is 541. The molecule has 0 radical (unpaired) electrons. The molecule has 0 saturated carbocycles. The molecule has 0 amide bonds. The van der Waals surface area contributed by atoms with Crippen molar-refractivity contribution >= 4 is 26.7 Å². The predicted octanol–water partition coefficient (Wildman–Crippen LogP) is 3.30. The van der Waals surface area contributed by atoms with Gasteiger partial charge in [-0.05, 0) is 50.0 Å². The first-order valence-electron chi connectivity index (χ1n) is 7.18. The third-order valence-electron chi connectivity index (χ3n) is 3.88. The van der Waals surface area contributed by atoms with Crippen molar-refractivity contribution in [1.29, 1.82) is 0 Å². The Hall–Kier alpha value is -1.13. The van der Waals surface area contributed by atoms with Gasteiger partial charge in [0, 0.05) is 6.54 Å². The quantitative estimate of drug-likeness (QED) is 0.934. The van der Waals surface area contributed by atoms with E-state index in [0.29, 0.717) is 5.13 Å². The largest absolute Gasteiger partial charge is 0.375 e. The average Bonchev–Trinajstić information content (AvgIpc) is 2.62. The van der Waals surface area contributed by atoms with Crippen molar-refractivity contribution in [2.45, 2.75) is 32.1 Å². The van der Waals surface area contributed by atoms with Crippen molar-refractivity contribution in [3.63, 3.8) is 0 Å². The smallest absolute Gasteiger partial charge is 0.181 e. The highest BCUT2D eigenvalue weighted by Gasteiger charge is 2.09. The molecular formula is C15H21N3S. The molecule has 2 aromatic rings. The monoisotopic (exact) mass is 275 g/mol. The van der Waals surface area contributed by atoms with E-state index in [-0.39, 0.29) is 0 Å². The molecule has 0 atom stereocenters. The van der Waals surface area contributed by atoms with Crippen LogP contribution in [0.15, 0.2) is 18.2 Å². The lowest BCUT2D eigenvalue weighted by Gasteiger charge is -2.19. The zero-order chi connectivity index (χ0) is 13.1. The van der Waals surface area contributed by atoms with Crippen molar-refractivity contribution in [2.24, 2.45) is 0 Å². The molecule has 102 valence electrons. The number of likely N-dealkylation sites (tertiary alicyclic amines) is 1. The van der Waals surface area contributed by atoms with Crippen LogP contribution in [-0.2, 0) is 6.42 Å². The van der Waals surface area contributed by atoms with E-state index in [1.165, 1.54) is 55.6 Å². The molecule has 0 bridgehead atoms. The zero-order valence-electron chi connectivity index (χ0n) is 11.3. The van der Waals surface area contributed by atoms with Gasteiger partial charge in [-0.25, -0.2) is 4.98 Å². The molecule has 1 aromatic heterocycles. The number of nitrogen functional groups attached to an aromatic ring is 1. The predicted molar refractivity (Wildman–Crippen MR) is 82.6 cm³/mol. The molecule has 3 rings (SSSR count). The summed E-state index contributed by atoms with van der Waals surface area (Å²) in [6, 6.07) is 6.54. The van der Waals surface area contributed by atoms with E-state index in [0.717, 1.165) is 11.9 Å². The van der Waals surface area contributed by atoms with E-state index in [2.05, 4.69) is 28.1 Å². The first-order chi connectivity index (χ1) is 9.31. The van der Waals surface area contributed by atoms with E-state index in [1.54, 1.807) is 11.3 Å². The molecule has 3 nitrogen and oxygen atoms in total. The number of hydrogen-bond donors (Lipinski definition) is 1. The van der Waals surface area contributed by atoms with Gasteiger partial charge in [-0.3, -0.25) is 0 Å². The number of nitrogens with two attached hydrogens (primary N) is 1. The maximum absolute atomic E-state index is 5.75.